The number of nitrogens with one attached hydrogen (secondary N) is 2. The van der Waals surface area contributed by atoms with Crippen LogP contribution in [0.15, 0.2) is 29.6 Å². The molecule has 0 saturated heterocycles. The summed E-state index contributed by atoms with van der Waals surface area (Å²) >= 11 is 7.22. The van der Waals surface area contributed by atoms with Crippen molar-refractivity contribution in [2.75, 3.05) is 17.3 Å². The molecule has 1 heterocycles. The second kappa shape index (κ2) is 8.31. The highest BCUT2D eigenvalue weighted by molar-refractivity contribution is 7.13. The molecule has 0 spiro atoms. The molecular weight excluding hydrogens is 360 g/mol. The Labute approximate surface area is 156 Å². The number of benzene rings is 1. The highest BCUT2D eigenvalue weighted by atomic mass is 35.5. The number of thiazole rings is 1. The number of amides is 3. The zero-order valence-corrected chi connectivity index (χ0v) is 16.1. The van der Waals surface area contributed by atoms with Crippen LogP contribution in [0.25, 0.3) is 0 Å². The predicted octanol–water partition coefficient (Wildman–Crippen LogP) is 4.09. The van der Waals surface area contributed by atoms with Crippen LogP contribution in [0, 0.1) is 0 Å². The molecule has 0 bridgehead atoms. The van der Waals surface area contributed by atoms with Crippen LogP contribution in [-0.2, 0) is 4.79 Å². The average molecular weight is 381 g/mol. The fraction of sp³-hybridized carbons (Fsp3) is 0.353. The summed E-state index contributed by atoms with van der Waals surface area (Å²) in [6.45, 7) is 5.73. The Morgan fingerprint density at radius 3 is 2.40 bits per heavy atom. The lowest BCUT2D eigenvalue weighted by molar-refractivity contribution is -0.120. The predicted molar refractivity (Wildman–Crippen MR) is 103 cm³/mol. The first-order valence-electron chi connectivity index (χ1n) is 7.86. The molecule has 1 atom stereocenters. The van der Waals surface area contributed by atoms with E-state index in [1.54, 1.807) is 22.4 Å². The van der Waals surface area contributed by atoms with Gasteiger partial charge in [0.1, 0.15) is 0 Å². The second-order valence-electron chi connectivity index (χ2n) is 5.78. The molecule has 8 heteroatoms. The molecule has 25 heavy (non-hydrogen) atoms. The SMILES string of the molecule is CNC(=O)Nc1nc(C(C)C(=O)N(c2ccc(Cl)cc2)C(C)C)cs1. The molecule has 1 aromatic heterocycles. The lowest BCUT2D eigenvalue weighted by Crippen LogP contribution is -2.39. The van der Waals surface area contributed by atoms with Gasteiger partial charge in [0.15, 0.2) is 5.13 Å². The van der Waals surface area contributed by atoms with Crippen molar-refractivity contribution in [2.45, 2.75) is 32.7 Å². The molecule has 1 unspecified atom stereocenters. The first-order valence-corrected chi connectivity index (χ1v) is 9.12. The second-order valence-corrected chi connectivity index (χ2v) is 7.08. The smallest absolute Gasteiger partial charge is 0.320 e. The Balaban J connectivity index is 2.21. The van der Waals surface area contributed by atoms with Crippen LogP contribution in [0.4, 0.5) is 15.6 Å². The van der Waals surface area contributed by atoms with E-state index in [1.807, 2.05) is 32.9 Å². The molecule has 2 aromatic rings. The van der Waals surface area contributed by atoms with E-state index in [-0.39, 0.29) is 18.0 Å². The molecule has 6 nitrogen and oxygen atoms in total. The maximum atomic E-state index is 13.0. The van der Waals surface area contributed by atoms with E-state index in [0.717, 1.165) is 5.69 Å². The molecule has 1 aromatic carbocycles. The summed E-state index contributed by atoms with van der Waals surface area (Å²) in [5.41, 5.74) is 1.41. The first kappa shape index (κ1) is 19.2. The van der Waals surface area contributed by atoms with Gasteiger partial charge >= 0.3 is 6.03 Å². The van der Waals surface area contributed by atoms with E-state index >= 15 is 0 Å². The van der Waals surface area contributed by atoms with Gasteiger partial charge in [0.2, 0.25) is 5.91 Å². The van der Waals surface area contributed by atoms with Crippen molar-refractivity contribution in [1.82, 2.24) is 10.3 Å². The number of halogens is 1. The first-order chi connectivity index (χ1) is 11.8. The topological polar surface area (TPSA) is 74.3 Å². The Kier molecular flexibility index (Phi) is 6.39. The Morgan fingerprint density at radius 1 is 1.20 bits per heavy atom. The van der Waals surface area contributed by atoms with Crippen molar-refractivity contribution in [3.8, 4) is 0 Å². The van der Waals surface area contributed by atoms with Gasteiger partial charge in [-0.2, -0.15) is 0 Å². The van der Waals surface area contributed by atoms with Gasteiger partial charge in [-0.3, -0.25) is 10.1 Å². The van der Waals surface area contributed by atoms with Crippen molar-refractivity contribution >= 4 is 45.7 Å². The highest BCUT2D eigenvalue weighted by Gasteiger charge is 2.27. The van der Waals surface area contributed by atoms with E-state index < -0.39 is 5.92 Å². The number of nitrogens with zero attached hydrogens (tertiary/aromatic N) is 2. The molecule has 0 radical (unpaired) electrons. The summed E-state index contributed by atoms with van der Waals surface area (Å²) < 4.78 is 0. The number of carbonyl (C=O) groups excluding carboxylic acids is 2. The normalized spacial score (nSPS) is 11.9. The van der Waals surface area contributed by atoms with Gasteiger partial charge in [-0.25, -0.2) is 9.78 Å². The minimum absolute atomic E-state index is 0.0155. The monoisotopic (exact) mass is 380 g/mol. The van der Waals surface area contributed by atoms with E-state index in [4.69, 9.17) is 11.6 Å². The van der Waals surface area contributed by atoms with Gasteiger partial charge in [0, 0.05) is 29.2 Å². The molecule has 0 saturated carbocycles. The Morgan fingerprint density at radius 2 is 1.84 bits per heavy atom. The number of carbonyl (C=O) groups is 2. The van der Waals surface area contributed by atoms with Crippen molar-refractivity contribution in [3.63, 3.8) is 0 Å². The standard InChI is InChI=1S/C17H21ClN4O2S/c1-10(2)22(13-7-5-12(18)6-8-13)15(23)11(3)14-9-25-17(20-14)21-16(24)19-4/h5-11H,1-4H3,(H2,19,20,21,24). The maximum absolute atomic E-state index is 13.0. The zero-order valence-electron chi connectivity index (χ0n) is 14.5. The number of urea groups is 1. The van der Waals surface area contributed by atoms with Crippen molar-refractivity contribution in [1.29, 1.82) is 0 Å². The Hall–Kier alpha value is -2.12. The number of rotatable bonds is 5. The van der Waals surface area contributed by atoms with Gasteiger partial charge in [0.05, 0.1) is 11.6 Å². The molecule has 0 aliphatic carbocycles. The van der Waals surface area contributed by atoms with Gasteiger partial charge < -0.3 is 10.2 Å². The minimum Gasteiger partial charge on any atom is -0.341 e. The van der Waals surface area contributed by atoms with E-state index in [2.05, 4.69) is 15.6 Å². The lowest BCUT2D eigenvalue weighted by atomic mass is 10.1. The summed E-state index contributed by atoms with van der Waals surface area (Å²) in [4.78, 5) is 30.5. The van der Waals surface area contributed by atoms with E-state index in [1.165, 1.54) is 18.4 Å². The average Bonchev–Trinajstić information content (AvgIpc) is 3.04. The quantitative estimate of drug-likeness (QED) is 0.820. The van der Waals surface area contributed by atoms with Gasteiger partial charge in [-0.1, -0.05) is 11.6 Å². The summed E-state index contributed by atoms with van der Waals surface area (Å²) in [6.07, 6.45) is 0. The summed E-state index contributed by atoms with van der Waals surface area (Å²) in [7, 11) is 1.53. The molecular formula is C17H21ClN4O2S. The van der Waals surface area contributed by atoms with Crippen molar-refractivity contribution < 1.29 is 9.59 Å². The molecule has 3 amide bonds. The van der Waals surface area contributed by atoms with E-state index in [0.29, 0.717) is 15.8 Å². The molecule has 2 N–H and O–H groups in total. The van der Waals surface area contributed by atoms with Crippen molar-refractivity contribution in [3.05, 3.63) is 40.4 Å². The van der Waals surface area contributed by atoms with Crippen LogP contribution in [0.3, 0.4) is 0 Å². The Bertz CT molecular complexity index is 745. The molecule has 134 valence electrons. The highest BCUT2D eigenvalue weighted by Crippen LogP contribution is 2.28. The largest absolute Gasteiger partial charge is 0.341 e. The summed E-state index contributed by atoms with van der Waals surface area (Å²) in [5, 5.41) is 7.94. The van der Waals surface area contributed by atoms with Crippen LogP contribution in [0.1, 0.15) is 32.4 Å². The number of anilines is 2. The van der Waals surface area contributed by atoms with Gasteiger partial charge in [-0.05, 0) is 45.0 Å². The lowest BCUT2D eigenvalue weighted by Gasteiger charge is -2.29. The number of hydrogen-bond acceptors (Lipinski definition) is 4. The van der Waals surface area contributed by atoms with Gasteiger partial charge in [-0.15, -0.1) is 11.3 Å². The third-order valence-corrected chi connectivity index (χ3v) is 4.67. The van der Waals surface area contributed by atoms with Crippen LogP contribution in [0.2, 0.25) is 5.02 Å². The molecule has 0 fully saturated rings. The molecule has 2 rings (SSSR count). The fourth-order valence-electron chi connectivity index (χ4n) is 2.32. The number of aromatic nitrogens is 1. The van der Waals surface area contributed by atoms with Crippen LogP contribution in [-0.4, -0.2) is 30.0 Å². The van der Waals surface area contributed by atoms with Crippen molar-refractivity contribution in [2.24, 2.45) is 0 Å². The summed E-state index contributed by atoms with van der Waals surface area (Å²) in [5.74, 6) is -0.497. The minimum atomic E-state index is -0.436. The van der Waals surface area contributed by atoms with Crippen LogP contribution >= 0.6 is 22.9 Å². The maximum Gasteiger partial charge on any atom is 0.320 e. The van der Waals surface area contributed by atoms with Gasteiger partial charge in [0.25, 0.3) is 0 Å². The van der Waals surface area contributed by atoms with E-state index in [9.17, 15) is 9.59 Å². The molecule has 0 aliphatic heterocycles. The fourth-order valence-corrected chi connectivity index (χ4v) is 3.24. The third-order valence-electron chi connectivity index (χ3n) is 3.64. The third kappa shape index (κ3) is 4.70. The summed E-state index contributed by atoms with van der Waals surface area (Å²) in [6, 6.07) is 6.82. The number of hydrogen-bond donors (Lipinski definition) is 2. The van der Waals surface area contributed by atoms with Crippen LogP contribution in [0.5, 0.6) is 0 Å². The van der Waals surface area contributed by atoms with Crippen LogP contribution < -0.4 is 15.5 Å². The molecule has 0 aliphatic rings. The zero-order chi connectivity index (χ0) is 18.6.